The quantitative estimate of drug-likeness (QED) is 0.651. The topological polar surface area (TPSA) is 9.23 Å². The zero-order valence-electron chi connectivity index (χ0n) is 11.5. The zero-order chi connectivity index (χ0) is 12.7. The highest BCUT2D eigenvalue weighted by atomic mass is 16.5. The lowest BCUT2D eigenvalue weighted by molar-refractivity contribution is 0.315. The van der Waals surface area contributed by atoms with Crippen molar-refractivity contribution >= 4 is 0 Å². The van der Waals surface area contributed by atoms with Crippen molar-refractivity contribution in [2.45, 2.75) is 47.0 Å². The van der Waals surface area contributed by atoms with Crippen LogP contribution in [0.25, 0.3) is 0 Å². The van der Waals surface area contributed by atoms with Gasteiger partial charge in [-0.2, -0.15) is 0 Å². The predicted molar refractivity (Wildman–Crippen MR) is 74.8 cm³/mol. The summed E-state index contributed by atoms with van der Waals surface area (Å²) in [5, 5.41) is 0. The van der Waals surface area contributed by atoms with Crippen LogP contribution in [0.1, 0.15) is 43.4 Å². The van der Waals surface area contributed by atoms with Gasteiger partial charge in [0.25, 0.3) is 0 Å². The molecule has 1 aromatic carbocycles. The van der Waals surface area contributed by atoms with E-state index in [1.54, 1.807) is 0 Å². The molecule has 0 aliphatic carbocycles. The molecule has 0 aromatic heterocycles. The summed E-state index contributed by atoms with van der Waals surface area (Å²) in [6.45, 7) is 9.35. The Morgan fingerprint density at radius 1 is 1.18 bits per heavy atom. The molecule has 0 N–H and O–H groups in total. The highest BCUT2D eigenvalue weighted by molar-refractivity contribution is 5.43. The molecule has 94 valence electrons. The summed E-state index contributed by atoms with van der Waals surface area (Å²) in [7, 11) is 0. The standard InChI is InChI=1S/C16H24O/c1-5-7-8-9-15-10-11-16(17-12-6-2)14(4)13(15)3/h5,7,10-11H,6,8-9,12H2,1-4H3/b7-5-. The third kappa shape index (κ3) is 3.92. The van der Waals surface area contributed by atoms with Crippen LogP contribution < -0.4 is 4.74 Å². The largest absolute Gasteiger partial charge is 0.493 e. The van der Waals surface area contributed by atoms with Crippen molar-refractivity contribution in [3.63, 3.8) is 0 Å². The van der Waals surface area contributed by atoms with Crippen molar-refractivity contribution in [3.8, 4) is 5.75 Å². The van der Waals surface area contributed by atoms with Crippen molar-refractivity contribution in [3.05, 3.63) is 41.0 Å². The van der Waals surface area contributed by atoms with Crippen LogP contribution in [0, 0.1) is 13.8 Å². The van der Waals surface area contributed by atoms with Crippen LogP contribution in [0.15, 0.2) is 24.3 Å². The first kappa shape index (κ1) is 13.8. The zero-order valence-corrected chi connectivity index (χ0v) is 11.5. The molecule has 0 atom stereocenters. The molecule has 1 rings (SSSR count). The van der Waals surface area contributed by atoms with Gasteiger partial charge >= 0.3 is 0 Å². The van der Waals surface area contributed by atoms with Gasteiger partial charge in [-0.05, 0) is 62.8 Å². The molecule has 17 heavy (non-hydrogen) atoms. The van der Waals surface area contributed by atoms with E-state index in [9.17, 15) is 0 Å². The highest BCUT2D eigenvalue weighted by Gasteiger charge is 2.06. The smallest absolute Gasteiger partial charge is 0.122 e. The van der Waals surface area contributed by atoms with Crippen LogP contribution in [-0.4, -0.2) is 6.61 Å². The van der Waals surface area contributed by atoms with E-state index < -0.39 is 0 Å². The Morgan fingerprint density at radius 3 is 2.59 bits per heavy atom. The number of hydrogen-bond donors (Lipinski definition) is 0. The lowest BCUT2D eigenvalue weighted by Crippen LogP contribution is -2.00. The van der Waals surface area contributed by atoms with E-state index in [-0.39, 0.29) is 0 Å². The Labute approximate surface area is 106 Å². The fourth-order valence-electron chi connectivity index (χ4n) is 1.90. The van der Waals surface area contributed by atoms with Crippen molar-refractivity contribution in [2.24, 2.45) is 0 Å². The van der Waals surface area contributed by atoms with Crippen LogP contribution >= 0.6 is 0 Å². The van der Waals surface area contributed by atoms with E-state index in [0.717, 1.165) is 31.6 Å². The third-order valence-corrected chi connectivity index (χ3v) is 3.13. The van der Waals surface area contributed by atoms with Gasteiger partial charge < -0.3 is 4.74 Å². The molecule has 0 saturated carbocycles. The van der Waals surface area contributed by atoms with Crippen molar-refractivity contribution < 1.29 is 4.74 Å². The summed E-state index contributed by atoms with van der Waals surface area (Å²) in [6, 6.07) is 4.32. The van der Waals surface area contributed by atoms with Gasteiger partial charge in [0.15, 0.2) is 0 Å². The molecule has 0 aliphatic rings. The van der Waals surface area contributed by atoms with Gasteiger partial charge in [0, 0.05) is 0 Å². The van der Waals surface area contributed by atoms with Crippen LogP contribution in [-0.2, 0) is 6.42 Å². The van der Waals surface area contributed by atoms with Gasteiger partial charge in [0.2, 0.25) is 0 Å². The second kappa shape index (κ2) is 7.16. The third-order valence-electron chi connectivity index (χ3n) is 3.13. The molecule has 1 aromatic rings. The highest BCUT2D eigenvalue weighted by Crippen LogP contribution is 2.25. The first-order valence-corrected chi connectivity index (χ1v) is 6.53. The van der Waals surface area contributed by atoms with Crippen LogP contribution in [0.5, 0.6) is 5.75 Å². The lowest BCUT2D eigenvalue weighted by atomic mass is 9.99. The van der Waals surface area contributed by atoms with E-state index in [2.05, 4.69) is 52.0 Å². The summed E-state index contributed by atoms with van der Waals surface area (Å²) in [5.41, 5.74) is 4.10. The van der Waals surface area contributed by atoms with Crippen LogP contribution in [0.3, 0.4) is 0 Å². The summed E-state index contributed by atoms with van der Waals surface area (Å²) >= 11 is 0. The van der Waals surface area contributed by atoms with Gasteiger partial charge in [-0.3, -0.25) is 0 Å². The van der Waals surface area contributed by atoms with Crippen molar-refractivity contribution in [1.82, 2.24) is 0 Å². The first-order valence-electron chi connectivity index (χ1n) is 6.53. The second-order valence-electron chi connectivity index (χ2n) is 4.43. The molecule has 0 amide bonds. The number of aryl methyl sites for hydroxylation is 1. The predicted octanol–water partition coefficient (Wildman–Crippen LogP) is 4.60. The fourth-order valence-corrected chi connectivity index (χ4v) is 1.90. The Morgan fingerprint density at radius 2 is 1.94 bits per heavy atom. The molecule has 1 heteroatoms. The Kier molecular flexibility index (Phi) is 5.82. The Bertz CT molecular complexity index is 377. The summed E-state index contributed by atoms with van der Waals surface area (Å²) in [6.07, 6.45) is 7.62. The molecule has 0 spiro atoms. The molecular formula is C16H24O. The maximum absolute atomic E-state index is 5.73. The molecule has 0 aliphatic heterocycles. The summed E-state index contributed by atoms with van der Waals surface area (Å²) in [4.78, 5) is 0. The average Bonchev–Trinajstić information content (AvgIpc) is 2.34. The molecule has 0 unspecified atom stereocenters. The van der Waals surface area contributed by atoms with Gasteiger partial charge in [0.05, 0.1) is 6.61 Å². The number of rotatable bonds is 6. The maximum Gasteiger partial charge on any atom is 0.122 e. The van der Waals surface area contributed by atoms with Gasteiger partial charge in [-0.15, -0.1) is 0 Å². The fraction of sp³-hybridized carbons (Fsp3) is 0.500. The molecule has 0 bridgehead atoms. The summed E-state index contributed by atoms with van der Waals surface area (Å²) < 4.78 is 5.73. The van der Waals surface area contributed by atoms with Crippen molar-refractivity contribution in [1.29, 1.82) is 0 Å². The monoisotopic (exact) mass is 232 g/mol. The number of ether oxygens (including phenoxy) is 1. The summed E-state index contributed by atoms with van der Waals surface area (Å²) in [5.74, 6) is 1.04. The van der Waals surface area contributed by atoms with E-state index in [0.29, 0.717) is 0 Å². The van der Waals surface area contributed by atoms with E-state index >= 15 is 0 Å². The van der Waals surface area contributed by atoms with Gasteiger partial charge in [-0.25, -0.2) is 0 Å². The maximum atomic E-state index is 5.73. The number of benzene rings is 1. The van der Waals surface area contributed by atoms with Gasteiger partial charge in [-0.1, -0.05) is 25.1 Å². The SMILES string of the molecule is C/C=C\CCc1ccc(OCCC)c(C)c1C. The molecular weight excluding hydrogens is 208 g/mol. The van der Waals surface area contributed by atoms with E-state index in [4.69, 9.17) is 4.74 Å². The first-order chi connectivity index (χ1) is 8.20. The average molecular weight is 232 g/mol. The molecule has 1 nitrogen and oxygen atoms in total. The van der Waals surface area contributed by atoms with Gasteiger partial charge in [0.1, 0.15) is 5.75 Å². The lowest BCUT2D eigenvalue weighted by Gasteiger charge is -2.13. The Balaban J connectivity index is 2.78. The minimum absolute atomic E-state index is 0.804. The Hall–Kier alpha value is -1.24. The van der Waals surface area contributed by atoms with Crippen LogP contribution in [0.4, 0.5) is 0 Å². The number of allylic oxidation sites excluding steroid dienone is 2. The minimum atomic E-state index is 0.804. The minimum Gasteiger partial charge on any atom is -0.493 e. The van der Waals surface area contributed by atoms with E-state index in [1.807, 2.05) is 0 Å². The molecule has 0 saturated heterocycles. The second-order valence-corrected chi connectivity index (χ2v) is 4.43. The number of hydrogen-bond acceptors (Lipinski definition) is 1. The van der Waals surface area contributed by atoms with Crippen molar-refractivity contribution in [2.75, 3.05) is 6.61 Å². The molecule has 0 radical (unpaired) electrons. The molecule has 0 fully saturated rings. The van der Waals surface area contributed by atoms with Crippen LogP contribution in [0.2, 0.25) is 0 Å². The molecule has 0 heterocycles. The van der Waals surface area contributed by atoms with E-state index in [1.165, 1.54) is 16.7 Å². The normalized spacial score (nSPS) is 11.1.